The summed E-state index contributed by atoms with van der Waals surface area (Å²) < 4.78 is 63.9. The predicted molar refractivity (Wildman–Crippen MR) is 125 cm³/mol. The summed E-state index contributed by atoms with van der Waals surface area (Å²) in [5, 5.41) is 0.628. The Kier molecular flexibility index (Phi) is 6.42. The van der Waals surface area contributed by atoms with Crippen LogP contribution in [0.2, 0.25) is 0 Å². The zero-order chi connectivity index (χ0) is 24.3. The van der Waals surface area contributed by atoms with E-state index in [1.54, 1.807) is 30.5 Å². The van der Waals surface area contributed by atoms with Gasteiger partial charge in [-0.05, 0) is 36.4 Å². The zero-order valence-corrected chi connectivity index (χ0v) is 19.4. The van der Waals surface area contributed by atoms with Crippen LogP contribution in [0.5, 0.6) is 28.7 Å². The van der Waals surface area contributed by atoms with Crippen LogP contribution in [0.15, 0.2) is 71.8 Å². The van der Waals surface area contributed by atoms with Crippen LogP contribution < -0.4 is 23.7 Å². The normalized spacial score (nSPS) is 11.2. The van der Waals surface area contributed by atoms with Gasteiger partial charge in [0.15, 0.2) is 17.3 Å². The quantitative estimate of drug-likeness (QED) is 0.376. The van der Waals surface area contributed by atoms with Crippen molar-refractivity contribution in [2.45, 2.75) is 4.90 Å². The van der Waals surface area contributed by atoms with Crippen LogP contribution in [-0.2, 0) is 10.0 Å². The van der Waals surface area contributed by atoms with E-state index >= 15 is 0 Å². The molecule has 1 N–H and O–H groups in total. The van der Waals surface area contributed by atoms with Gasteiger partial charge in [0.1, 0.15) is 17.2 Å². The maximum Gasteiger partial charge on any atom is 0.262 e. The number of nitrogens with one attached hydrogen (secondary N) is 1. The van der Waals surface area contributed by atoms with Gasteiger partial charge in [-0.3, -0.25) is 9.71 Å². The van der Waals surface area contributed by atoms with Crippen LogP contribution in [0.4, 0.5) is 10.1 Å². The lowest BCUT2D eigenvalue weighted by molar-refractivity contribution is 0.355. The fourth-order valence-corrected chi connectivity index (χ4v) is 4.38. The molecule has 4 aromatic rings. The summed E-state index contributed by atoms with van der Waals surface area (Å²) in [6, 6.07) is 14.8. The number of pyridine rings is 1. The summed E-state index contributed by atoms with van der Waals surface area (Å²) in [6.45, 7) is 0. The van der Waals surface area contributed by atoms with E-state index in [0.717, 1.165) is 6.07 Å². The maximum atomic E-state index is 14.8. The lowest BCUT2D eigenvalue weighted by Gasteiger charge is -2.13. The molecule has 8 nitrogen and oxygen atoms in total. The molecule has 34 heavy (non-hydrogen) atoms. The zero-order valence-electron chi connectivity index (χ0n) is 18.5. The summed E-state index contributed by atoms with van der Waals surface area (Å²) in [7, 11) is 0.438. The van der Waals surface area contributed by atoms with Crippen molar-refractivity contribution in [2.24, 2.45) is 0 Å². The van der Waals surface area contributed by atoms with Crippen LogP contribution in [0.25, 0.3) is 10.9 Å². The molecule has 0 saturated heterocycles. The monoisotopic (exact) mass is 484 g/mol. The molecule has 176 valence electrons. The third kappa shape index (κ3) is 4.67. The summed E-state index contributed by atoms with van der Waals surface area (Å²) in [4.78, 5) is 4.25. The fourth-order valence-electron chi connectivity index (χ4n) is 3.28. The molecule has 0 aliphatic carbocycles. The Balaban J connectivity index is 1.61. The molecule has 3 aromatic carbocycles. The number of nitrogens with zero attached hydrogens (tertiary/aromatic N) is 1. The molecule has 0 aliphatic heterocycles. The van der Waals surface area contributed by atoms with E-state index in [0.29, 0.717) is 33.9 Å². The highest BCUT2D eigenvalue weighted by Crippen LogP contribution is 2.37. The second-order valence-electron chi connectivity index (χ2n) is 7.06. The summed E-state index contributed by atoms with van der Waals surface area (Å²) in [5.74, 6) is 1.14. The second kappa shape index (κ2) is 9.44. The number of aromatic nitrogens is 1. The highest BCUT2D eigenvalue weighted by atomic mass is 32.2. The van der Waals surface area contributed by atoms with Gasteiger partial charge in [-0.15, -0.1) is 0 Å². The molecule has 0 fully saturated rings. The number of methoxy groups -OCH3 is 3. The average molecular weight is 485 g/mol. The number of hydrogen-bond acceptors (Lipinski definition) is 7. The minimum atomic E-state index is -4.03. The highest BCUT2D eigenvalue weighted by molar-refractivity contribution is 7.92. The first kappa shape index (κ1) is 23.1. The molecule has 0 saturated carbocycles. The van der Waals surface area contributed by atoms with Crippen molar-refractivity contribution >= 4 is 26.6 Å². The third-order valence-corrected chi connectivity index (χ3v) is 6.33. The van der Waals surface area contributed by atoms with Crippen molar-refractivity contribution in [3.63, 3.8) is 0 Å². The van der Waals surface area contributed by atoms with Gasteiger partial charge in [0.2, 0.25) is 0 Å². The van der Waals surface area contributed by atoms with Crippen molar-refractivity contribution in [3.05, 3.63) is 72.7 Å². The van der Waals surface area contributed by atoms with Crippen LogP contribution in [0.1, 0.15) is 0 Å². The summed E-state index contributed by atoms with van der Waals surface area (Å²) in [5.41, 5.74) is 0.374. The largest absolute Gasteiger partial charge is 0.497 e. The van der Waals surface area contributed by atoms with Crippen LogP contribution in [0.3, 0.4) is 0 Å². The van der Waals surface area contributed by atoms with Gasteiger partial charge in [-0.25, -0.2) is 12.8 Å². The van der Waals surface area contributed by atoms with Crippen molar-refractivity contribution in [1.82, 2.24) is 4.98 Å². The number of halogens is 1. The molecule has 0 atom stereocenters. The molecule has 1 aromatic heterocycles. The molecule has 10 heteroatoms. The minimum absolute atomic E-state index is 0.0563. The number of ether oxygens (including phenoxy) is 4. The summed E-state index contributed by atoms with van der Waals surface area (Å²) >= 11 is 0. The van der Waals surface area contributed by atoms with Crippen LogP contribution in [0, 0.1) is 5.82 Å². The molecule has 4 rings (SSSR count). The number of hydrogen-bond donors (Lipinski definition) is 1. The number of fused-ring (bicyclic) bond motifs is 1. The van der Waals surface area contributed by atoms with E-state index in [2.05, 4.69) is 9.71 Å². The molecule has 0 aliphatic rings. The van der Waals surface area contributed by atoms with Crippen molar-refractivity contribution in [1.29, 1.82) is 0 Å². The minimum Gasteiger partial charge on any atom is -0.497 e. The Labute approximate surface area is 195 Å². The SMILES string of the molecule is COc1cccc(S(=O)(=O)Nc2ccc(Oc3ccnc4cc(OC)c(OC)cc34)cc2F)c1. The molecule has 1 heterocycles. The highest BCUT2D eigenvalue weighted by Gasteiger charge is 2.18. The Bertz CT molecular complexity index is 1460. The molecule has 0 bridgehead atoms. The van der Waals surface area contributed by atoms with Gasteiger partial charge < -0.3 is 18.9 Å². The van der Waals surface area contributed by atoms with Crippen molar-refractivity contribution < 1.29 is 31.8 Å². The second-order valence-corrected chi connectivity index (χ2v) is 8.74. The van der Waals surface area contributed by atoms with Gasteiger partial charge in [0, 0.05) is 29.8 Å². The average Bonchev–Trinajstić information content (AvgIpc) is 2.85. The predicted octanol–water partition coefficient (Wildman–Crippen LogP) is 4.99. The molecular formula is C24H21FN2O6S. The van der Waals surface area contributed by atoms with E-state index in [-0.39, 0.29) is 16.3 Å². The van der Waals surface area contributed by atoms with E-state index in [4.69, 9.17) is 18.9 Å². The van der Waals surface area contributed by atoms with Gasteiger partial charge in [0.05, 0.1) is 37.4 Å². The van der Waals surface area contributed by atoms with E-state index in [9.17, 15) is 12.8 Å². The maximum absolute atomic E-state index is 14.8. The number of benzene rings is 3. The number of anilines is 1. The fraction of sp³-hybridized carbons (Fsp3) is 0.125. The Hall–Kier alpha value is -4.05. The lowest BCUT2D eigenvalue weighted by Crippen LogP contribution is -2.14. The third-order valence-electron chi connectivity index (χ3n) is 4.97. The number of rotatable bonds is 8. The lowest BCUT2D eigenvalue weighted by atomic mass is 10.2. The Morgan fingerprint density at radius 1 is 0.824 bits per heavy atom. The Morgan fingerprint density at radius 2 is 1.59 bits per heavy atom. The van der Waals surface area contributed by atoms with E-state index in [1.165, 1.54) is 51.7 Å². The smallest absolute Gasteiger partial charge is 0.262 e. The van der Waals surface area contributed by atoms with Crippen LogP contribution in [-0.4, -0.2) is 34.7 Å². The summed E-state index contributed by atoms with van der Waals surface area (Å²) in [6.07, 6.45) is 1.55. The van der Waals surface area contributed by atoms with Gasteiger partial charge in [-0.2, -0.15) is 0 Å². The van der Waals surface area contributed by atoms with Gasteiger partial charge in [0.25, 0.3) is 10.0 Å². The first-order valence-electron chi connectivity index (χ1n) is 9.99. The van der Waals surface area contributed by atoms with Crippen molar-refractivity contribution in [2.75, 3.05) is 26.1 Å². The molecule has 0 spiro atoms. The molecular weight excluding hydrogens is 463 g/mol. The van der Waals surface area contributed by atoms with Gasteiger partial charge in [-0.1, -0.05) is 6.07 Å². The molecule has 0 amide bonds. The van der Waals surface area contributed by atoms with Crippen molar-refractivity contribution in [3.8, 4) is 28.7 Å². The first-order chi connectivity index (χ1) is 16.3. The molecule has 0 unspecified atom stereocenters. The standard InChI is InChI=1S/C24H21FN2O6S/c1-30-15-5-4-6-17(11-15)34(28,29)27-20-8-7-16(12-19(20)25)33-22-9-10-26-21-14-24(32-3)23(31-2)13-18(21)22/h4-14,27H,1-3H3. The van der Waals surface area contributed by atoms with Crippen LogP contribution >= 0.6 is 0 Å². The Morgan fingerprint density at radius 3 is 2.29 bits per heavy atom. The topological polar surface area (TPSA) is 96.0 Å². The van der Waals surface area contributed by atoms with Gasteiger partial charge >= 0.3 is 0 Å². The first-order valence-corrected chi connectivity index (χ1v) is 11.5. The van der Waals surface area contributed by atoms with E-state index < -0.39 is 15.8 Å². The molecule has 0 radical (unpaired) electrons. The number of sulfonamides is 1. The van der Waals surface area contributed by atoms with E-state index in [1.807, 2.05) is 0 Å².